The Kier molecular flexibility index (Phi) is 3.38. The van der Waals surface area contributed by atoms with Crippen LogP contribution in [0.2, 0.25) is 0 Å². The topological polar surface area (TPSA) is 126 Å². The SMILES string of the molecule is Nc1nc(-c2ccco2)c2ncn(Cc3ccc([N+](=O)[O-])cc3)c2n1. The third-order valence-corrected chi connectivity index (χ3v) is 3.74. The maximum atomic E-state index is 10.7. The third-order valence-electron chi connectivity index (χ3n) is 3.74. The molecule has 0 bridgehead atoms. The molecular weight excluding hydrogens is 324 g/mol. The van der Waals surface area contributed by atoms with Crippen LogP contribution >= 0.6 is 0 Å². The Hall–Kier alpha value is -3.75. The number of nitro benzene ring substituents is 1. The van der Waals surface area contributed by atoms with Gasteiger partial charge in [-0.1, -0.05) is 12.1 Å². The lowest BCUT2D eigenvalue weighted by molar-refractivity contribution is -0.384. The minimum atomic E-state index is -0.431. The molecule has 25 heavy (non-hydrogen) atoms. The third kappa shape index (κ3) is 2.67. The zero-order chi connectivity index (χ0) is 17.4. The molecule has 0 unspecified atom stereocenters. The van der Waals surface area contributed by atoms with Crippen LogP contribution in [0.15, 0.2) is 53.4 Å². The molecule has 0 aliphatic carbocycles. The van der Waals surface area contributed by atoms with E-state index < -0.39 is 4.92 Å². The highest BCUT2D eigenvalue weighted by atomic mass is 16.6. The van der Waals surface area contributed by atoms with Gasteiger partial charge in [0.25, 0.3) is 5.69 Å². The first-order valence-electron chi connectivity index (χ1n) is 7.37. The predicted octanol–water partition coefficient (Wildman–Crippen LogP) is 2.63. The molecule has 1 aromatic carbocycles. The van der Waals surface area contributed by atoms with E-state index in [-0.39, 0.29) is 11.6 Å². The average Bonchev–Trinajstić information content (AvgIpc) is 3.25. The fourth-order valence-electron chi connectivity index (χ4n) is 2.58. The van der Waals surface area contributed by atoms with Gasteiger partial charge in [-0.15, -0.1) is 0 Å². The van der Waals surface area contributed by atoms with Gasteiger partial charge in [0.1, 0.15) is 11.2 Å². The van der Waals surface area contributed by atoms with E-state index in [1.54, 1.807) is 41.4 Å². The molecule has 124 valence electrons. The second-order valence-electron chi connectivity index (χ2n) is 5.38. The van der Waals surface area contributed by atoms with Crippen LogP contribution in [0, 0.1) is 10.1 Å². The number of aromatic nitrogens is 4. The fourth-order valence-corrected chi connectivity index (χ4v) is 2.58. The van der Waals surface area contributed by atoms with Crippen molar-refractivity contribution in [2.45, 2.75) is 6.54 Å². The maximum absolute atomic E-state index is 10.7. The summed E-state index contributed by atoms with van der Waals surface area (Å²) in [6.07, 6.45) is 3.18. The average molecular weight is 336 g/mol. The van der Waals surface area contributed by atoms with Gasteiger partial charge >= 0.3 is 0 Å². The lowest BCUT2D eigenvalue weighted by atomic mass is 10.2. The normalized spacial score (nSPS) is 11.0. The van der Waals surface area contributed by atoms with Gasteiger partial charge in [-0.25, -0.2) is 9.97 Å². The van der Waals surface area contributed by atoms with Crippen LogP contribution in [0.3, 0.4) is 0 Å². The van der Waals surface area contributed by atoms with Crippen LogP contribution in [0.5, 0.6) is 0 Å². The summed E-state index contributed by atoms with van der Waals surface area (Å²) >= 11 is 0. The summed E-state index contributed by atoms with van der Waals surface area (Å²) in [5.41, 5.74) is 8.41. The van der Waals surface area contributed by atoms with Gasteiger partial charge in [-0.3, -0.25) is 10.1 Å². The van der Waals surface area contributed by atoms with Gasteiger partial charge in [0.05, 0.1) is 24.1 Å². The molecule has 9 heteroatoms. The van der Waals surface area contributed by atoms with Crippen LogP contribution in [0.25, 0.3) is 22.6 Å². The molecule has 0 saturated carbocycles. The first-order valence-corrected chi connectivity index (χ1v) is 7.37. The zero-order valence-corrected chi connectivity index (χ0v) is 12.9. The number of furan rings is 1. The number of nitro groups is 1. The number of hydrogen-bond donors (Lipinski definition) is 1. The van der Waals surface area contributed by atoms with E-state index in [1.807, 2.05) is 0 Å². The van der Waals surface area contributed by atoms with Gasteiger partial charge in [0.2, 0.25) is 5.95 Å². The zero-order valence-electron chi connectivity index (χ0n) is 12.9. The molecule has 0 saturated heterocycles. The first kappa shape index (κ1) is 14.8. The molecular formula is C16H12N6O3. The number of fused-ring (bicyclic) bond motifs is 1. The second kappa shape index (κ2) is 5.71. The van der Waals surface area contributed by atoms with Crippen LogP contribution < -0.4 is 5.73 Å². The van der Waals surface area contributed by atoms with Gasteiger partial charge in [0, 0.05) is 12.1 Å². The Labute approximate surface area is 140 Å². The number of imidazole rings is 1. The van der Waals surface area contributed by atoms with E-state index in [4.69, 9.17) is 10.2 Å². The molecule has 2 N–H and O–H groups in total. The number of nitrogens with two attached hydrogens (primary N) is 1. The number of hydrogen-bond acceptors (Lipinski definition) is 7. The first-order chi connectivity index (χ1) is 12.1. The molecule has 4 aromatic rings. The molecule has 4 rings (SSSR count). The standard InChI is InChI=1S/C16H12N6O3/c17-16-19-13(12-2-1-7-25-12)14-15(20-16)21(9-18-14)8-10-3-5-11(6-4-10)22(23)24/h1-7,9H,8H2,(H2,17,19,20). The molecule has 0 aliphatic heterocycles. The van der Waals surface area contributed by atoms with Crippen LogP contribution in [-0.4, -0.2) is 24.4 Å². The molecule has 0 amide bonds. The van der Waals surface area contributed by atoms with Crippen molar-refractivity contribution in [1.82, 2.24) is 19.5 Å². The largest absolute Gasteiger partial charge is 0.463 e. The van der Waals surface area contributed by atoms with Gasteiger partial charge in [0.15, 0.2) is 11.4 Å². The Morgan fingerprint density at radius 2 is 2.00 bits per heavy atom. The summed E-state index contributed by atoms with van der Waals surface area (Å²) in [4.78, 5) is 23.2. The number of non-ortho nitro benzene ring substituents is 1. The van der Waals surface area contributed by atoms with Crippen molar-refractivity contribution in [3.63, 3.8) is 0 Å². The summed E-state index contributed by atoms with van der Waals surface area (Å²) in [5.74, 6) is 0.670. The number of benzene rings is 1. The minimum Gasteiger partial charge on any atom is -0.463 e. The van der Waals surface area contributed by atoms with Crippen molar-refractivity contribution in [2.75, 3.05) is 5.73 Å². The highest BCUT2D eigenvalue weighted by Crippen LogP contribution is 2.26. The molecule has 0 fully saturated rings. The van der Waals surface area contributed by atoms with Crippen molar-refractivity contribution >= 4 is 22.8 Å². The van der Waals surface area contributed by atoms with Crippen LogP contribution in [0.4, 0.5) is 11.6 Å². The Morgan fingerprint density at radius 1 is 1.20 bits per heavy atom. The molecule has 0 spiro atoms. The molecule has 3 aromatic heterocycles. The summed E-state index contributed by atoms with van der Waals surface area (Å²) in [7, 11) is 0. The van der Waals surface area contributed by atoms with Crippen LogP contribution in [-0.2, 0) is 6.54 Å². The summed E-state index contributed by atoms with van der Waals surface area (Å²) in [5, 5.41) is 10.7. The molecule has 3 heterocycles. The quantitative estimate of drug-likeness (QED) is 0.448. The molecule has 9 nitrogen and oxygen atoms in total. The Balaban J connectivity index is 1.75. The molecule has 0 radical (unpaired) electrons. The summed E-state index contributed by atoms with van der Waals surface area (Å²) < 4.78 is 7.19. The monoisotopic (exact) mass is 336 g/mol. The van der Waals surface area contributed by atoms with Gasteiger partial charge in [-0.05, 0) is 17.7 Å². The summed E-state index contributed by atoms with van der Waals surface area (Å²) in [6, 6.07) is 9.85. The molecule has 0 atom stereocenters. The Bertz CT molecular complexity index is 1050. The minimum absolute atomic E-state index is 0.0471. The lowest BCUT2D eigenvalue weighted by Crippen LogP contribution is -2.03. The molecule has 0 aliphatic rings. The van der Waals surface area contributed by atoms with Crippen molar-refractivity contribution in [2.24, 2.45) is 0 Å². The number of nitrogens with zero attached hydrogens (tertiary/aromatic N) is 5. The smallest absolute Gasteiger partial charge is 0.269 e. The summed E-state index contributed by atoms with van der Waals surface area (Å²) in [6.45, 7) is 0.447. The number of nitrogen functional groups attached to an aromatic ring is 1. The van der Waals surface area contributed by atoms with Crippen LogP contribution in [0.1, 0.15) is 5.56 Å². The van der Waals surface area contributed by atoms with Gasteiger partial charge < -0.3 is 14.7 Å². The fraction of sp³-hybridized carbons (Fsp3) is 0.0625. The van der Waals surface area contributed by atoms with Crippen molar-refractivity contribution in [3.05, 3.63) is 64.7 Å². The van der Waals surface area contributed by atoms with E-state index in [0.29, 0.717) is 29.2 Å². The Morgan fingerprint density at radius 3 is 2.68 bits per heavy atom. The van der Waals surface area contributed by atoms with E-state index in [9.17, 15) is 10.1 Å². The maximum Gasteiger partial charge on any atom is 0.269 e. The number of anilines is 1. The van der Waals surface area contributed by atoms with E-state index in [0.717, 1.165) is 5.56 Å². The second-order valence-corrected chi connectivity index (χ2v) is 5.38. The highest BCUT2D eigenvalue weighted by Gasteiger charge is 2.16. The predicted molar refractivity (Wildman–Crippen MR) is 89.6 cm³/mol. The van der Waals surface area contributed by atoms with Crippen molar-refractivity contribution in [3.8, 4) is 11.5 Å². The van der Waals surface area contributed by atoms with Crippen molar-refractivity contribution < 1.29 is 9.34 Å². The number of rotatable bonds is 4. The van der Waals surface area contributed by atoms with E-state index in [1.165, 1.54) is 12.1 Å². The van der Waals surface area contributed by atoms with Gasteiger partial charge in [-0.2, -0.15) is 4.98 Å². The lowest BCUT2D eigenvalue weighted by Gasteiger charge is -2.05. The van der Waals surface area contributed by atoms with Crippen molar-refractivity contribution in [1.29, 1.82) is 0 Å². The van der Waals surface area contributed by atoms with E-state index >= 15 is 0 Å². The highest BCUT2D eigenvalue weighted by molar-refractivity contribution is 5.86. The van der Waals surface area contributed by atoms with E-state index in [2.05, 4.69) is 15.0 Å².